The molecule has 5 N–H and O–H groups in total. The Morgan fingerprint density at radius 3 is 2.25 bits per heavy atom. The lowest BCUT2D eigenvalue weighted by atomic mass is 9.78. The van der Waals surface area contributed by atoms with E-state index < -0.39 is 64.7 Å². The fourth-order valence-electron chi connectivity index (χ4n) is 7.18. The molecule has 2 aliphatic rings. The summed E-state index contributed by atoms with van der Waals surface area (Å²) < 4.78 is 56.6. The minimum atomic E-state index is -4.65. The first kappa shape index (κ1) is 41.9. The summed E-state index contributed by atoms with van der Waals surface area (Å²) in [4.78, 5) is 58.8. The van der Waals surface area contributed by atoms with Crippen molar-refractivity contribution in [2.24, 2.45) is 32.5 Å². The molecule has 5 rings (SSSR count). The predicted molar refractivity (Wildman–Crippen MR) is 199 cm³/mol. The quantitative estimate of drug-likeness (QED) is 0.0784. The molecular weight excluding hydrogens is 734 g/mol. The number of carbonyl (C=O) groups excluding carboxylic acids is 4. The summed E-state index contributed by atoms with van der Waals surface area (Å²) in [5.41, 5.74) is -1.64. The molecule has 1 aliphatic heterocycles. The highest BCUT2D eigenvalue weighted by molar-refractivity contribution is 5.98. The van der Waals surface area contributed by atoms with Crippen LogP contribution in [0.4, 0.5) is 17.6 Å². The van der Waals surface area contributed by atoms with Crippen LogP contribution in [0.25, 0.3) is 10.9 Å². The number of para-hydroxylation sites is 1. The Morgan fingerprint density at radius 2 is 1.59 bits per heavy atom. The van der Waals surface area contributed by atoms with E-state index in [2.05, 4.69) is 46.9 Å². The van der Waals surface area contributed by atoms with Crippen LogP contribution in [-0.2, 0) is 44.6 Å². The van der Waals surface area contributed by atoms with Gasteiger partial charge in [-0.15, -0.1) is 10.2 Å². The molecule has 2 aromatic carbocycles. The maximum Gasteiger partial charge on any atom is 0.418 e. The van der Waals surface area contributed by atoms with Crippen molar-refractivity contribution >= 4 is 34.5 Å². The summed E-state index contributed by atoms with van der Waals surface area (Å²) in [6.07, 6.45) is -2.55. The van der Waals surface area contributed by atoms with Crippen molar-refractivity contribution in [3.8, 4) is 0 Å². The number of unbranched alkanes of at least 4 members (excludes halogenated alkanes) is 1. The zero-order chi connectivity index (χ0) is 40.6. The Hall–Kier alpha value is -5.22. The number of carbonyl (C=O) groups is 4. The monoisotopic (exact) mass is 783 g/mol. The van der Waals surface area contributed by atoms with Crippen molar-refractivity contribution < 1.29 is 36.7 Å². The van der Waals surface area contributed by atoms with Gasteiger partial charge < -0.3 is 26.3 Å². The Morgan fingerprint density at radius 1 is 0.911 bits per heavy atom. The maximum absolute atomic E-state index is 14.7. The average Bonchev–Trinajstić information content (AvgIpc) is 3.83. The number of nitrogens with one attached hydrogen (secondary N) is 5. The molecule has 17 heteroatoms. The molecule has 0 bridgehead atoms. The Kier molecular flexibility index (Phi) is 13.6. The van der Waals surface area contributed by atoms with Crippen LogP contribution in [-0.4, -0.2) is 58.9 Å². The molecule has 0 saturated carbocycles. The molecule has 13 nitrogen and oxygen atoms in total. The van der Waals surface area contributed by atoms with Crippen LogP contribution in [0.3, 0.4) is 0 Å². The summed E-state index contributed by atoms with van der Waals surface area (Å²) in [5, 5.41) is 26.4. The Bertz CT molecular complexity index is 1950. The third kappa shape index (κ3) is 9.77. The van der Waals surface area contributed by atoms with Gasteiger partial charge in [-0.1, -0.05) is 70.9 Å². The Balaban J connectivity index is 1.43. The first-order valence-corrected chi connectivity index (χ1v) is 19.1. The third-order valence-electron chi connectivity index (χ3n) is 10.9. The van der Waals surface area contributed by atoms with Crippen LogP contribution in [0.2, 0.25) is 0 Å². The molecule has 3 aromatic rings. The molecule has 0 spiro atoms. The fraction of sp³-hybridized carbons (Fsp3) is 0.538. The molecule has 4 amide bonds. The van der Waals surface area contributed by atoms with Gasteiger partial charge in [0.15, 0.2) is 6.17 Å². The SMILES string of the molecule is CCC(C)[C@H](NC(=O)Cc1ccccc1F)C(=O)N[C@]1(C(=O)N[C@H](C(=O)NCCCCC2N=NN=N2)C(C)CC)CCc2[nH]c3c(C(F)(F)F)cccc3c2C1. The molecule has 2 heterocycles. The van der Waals surface area contributed by atoms with E-state index in [1.807, 2.05) is 20.8 Å². The molecular formula is C39H49F4N9O4. The summed E-state index contributed by atoms with van der Waals surface area (Å²) >= 11 is 0. The van der Waals surface area contributed by atoms with E-state index >= 15 is 0 Å². The second kappa shape index (κ2) is 18.2. The second-order valence-electron chi connectivity index (χ2n) is 14.8. The summed E-state index contributed by atoms with van der Waals surface area (Å²) in [7, 11) is 0. The number of fused-ring (bicyclic) bond motifs is 3. The number of amides is 4. The highest BCUT2D eigenvalue weighted by Gasteiger charge is 2.47. The number of aromatic amines is 1. The number of nitrogens with zero attached hydrogens (tertiary/aromatic N) is 4. The van der Waals surface area contributed by atoms with E-state index in [9.17, 15) is 36.7 Å². The maximum atomic E-state index is 14.7. The largest absolute Gasteiger partial charge is 0.418 e. The van der Waals surface area contributed by atoms with Gasteiger partial charge in [-0.2, -0.15) is 13.2 Å². The van der Waals surface area contributed by atoms with Crippen molar-refractivity contribution in [3.05, 3.63) is 70.7 Å². The van der Waals surface area contributed by atoms with Gasteiger partial charge in [0.1, 0.15) is 23.4 Å². The highest BCUT2D eigenvalue weighted by Crippen LogP contribution is 2.40. The number of benzene rings is 2. The zero-order valence-corrected chi connectivity index (χ0v) is 31.9. The van der Waals surface area contributed by atoms with Crippen molar-refractivity contribution in [2.45, 2.75) is 115 Å². The van der Waals surface area contributed by atoms with E-state index in [1.54, 1.807) is 13.0 Å². The van der Waals surface area contributed by atoms with E-state index in [-0.39, 0.29) is 54.2 Å². The van der Waals surface area contributed by atoms with Crippen LogP contribution in [0, 0.1) is 17.7 Å². The molecule has 1 aliphatic carbocycles. The number of aryl methyl sites for hydroxylation is 1. The summed E-state index contributed by atoms with van der Waals surface area (Å²) in [6.45, 7) is 7.58. The van der Waals surface area contributed by atoms with E-state index in [0.717, 1.165) is 6.07 Å². The number of alkyl halides is 3. The van der Waals surface area contributed by atoms with Crippen LogP contribution in [0.15, 0.2) is 63.1 Å². The minimum absolute atomic E-state index is 0.0210. The molecule has 56 heavy (non-hydrogen) atoms. The standard InChI is InChI=1S/C39H49F4N9O4/c1-5-22(3)32(35(54)44-19-10-9-16-30-49-51-52-50-30)47-37(56)38(18-17-29-26(21-38)25-13-11-14-27(34(25)45-29)39(41,42)43)48-36(55)33(23(4)6-2)46-31(53)20-24-12-7-8-15-28(24)40/h7-8,11-15,22-23,30,32-33,45H,5-6,9-10,16-21H2,1-4H3,(H,44,54)(H,46,53)(H,47,56)(H,48,55)/t22?,23?,32-,33-,38+/m0/s1. The molecule has 0 saturated heterocycles. The number of hydrogen-bond acceptors (Lipinski definition) is 8. The van der Waals surface area contributed by atoms with Crippen LogP contribution >= 0.6 is 0 Å². The molecule has 302 valence electrons. The first-order chi connectivity index (χ1) is 26.7. The lowest BCUT2D eigenvalue weighted by Gasteiger charge is -2.39. The lowest BCUT2D eigenvalue weighted by molar-refractivity contribution is -0.139. The number of aromatic nitrogens is 1. The van der Waals surface area contributed by atoms with Crippen LogP contribution in [0.5, 0.6) is 0 Å². The number of halogens is 4. The average molecular weight is 784 g/mol. The highest BCUT2D eigenvalue weighted by atomic mass is 19.4. The molecule has 1 aromatic heterocycles. The van der Waals surface area contributed by atoms with Gasteiger partial charge in [0.2, 0.25) is 23.6 Å². The van der Waals surface area contributed by atoms with E-state index in [4.69, 9.17) is 0 Å². The second-order valence-corrected chi connectivity index (χ2v) is 14.8. The molecule has 5 atom stereocenters. The first-order valence-electron chi connectivity index (χ1n) is 19.1. The van der Waals surface area contributed by atoms with Gasteiger partial charge >= 0.3 is 6.18 Å². The van der Waals surface area contributed by atoms with Crippen molar-refractivity contribution in [2.75, 3.05) is 6.54 Å². The van der Waals surface area contributed by atoms with Crippen molar-refractivity contribution in [1.82, 2.24) is 26.3 Å². The van der Waals surface area contributed by atoms with Crippen LogP contribution < -0.4 is 21.3 Å². The summed E-state index contributed by atoms with van der Waals surface area (Å²) in [6, 6.07) is 7.45. The number of H-pyrrole nitrogens is 1. The van der Waals surface area contributed by atoms with Gasteiger partial charge in [0, 0.05) is 24.0 Å². The van der Waals surface area contributed by atoms with Gasteiger partial charge in [-0.3, -0.25) is 19.2 Å². The third-order valence-corrected chi connectivity index (χ3v) is 10.9. The fourth-order valence-corrected chi connectivity index (χ4v) is 7.18. The molecule has 0 radical (unpaired) electrons. The number of rotatable bonds is 17. The van der Waals surface area contributed by atoms with Gasteiger partial charge in [0.05, 0.1) is 17.5 Å². The van der Waals surface area contributed by atoms with Gasteiger partial charge in [-0.25, -0.2) is 4.39 Å². The topological polar surface area (TPSA) is 182 Å². The molecule has 0 fully saturated rings. The van der Waals surface area contributed by atoms with E-state index in [0.29, 0.717) is 49.9 Å². The van der Waals surface area contributed by atoms with E-state index in [1.165, 1.54) is 30.3 Å². The summed E-state index contributed by atoms with van der Waals surface area (Å²) in [5.74, 6) is -3.75. The molecule has 2 unspecified atom stereocenters. The Labute approximate surface area is 322 Å². The van der Waals surface area contributed by atoms with Gasteiger partial charge in [0.25, 0.3) is 0 Å². The lowest BCUT2D eigenvalue weighted by Crippen LogP contribution is -2.67. The number of hydrogen-bond donors (Lipinski definition) is 5. The normalized spacial score (nSPS) is 18.9. The van der Waals surface area contributed by atoms with Crippen molar-refractivity contribution in [1.29, 1.82) is 0 Å². The van der Waals surface area contributed by atoms with Gasteiger partial charge in [-0.05, 0) is 77.6 Å². The smallest absolute Gasteiger partial charge is 0.358 e. The minimum Gasteiger partial charge on any atom is -0.358 e. The predicted octanol–water partition coefficient (Wildman–Crippen LogP) is 6.42. The van der Waals surface area contributed by atoms with Crippen molar-refractivity contribution in [3.63, 3.8) is 0 Å². The zero-order valence-electron chi connectivity index (χ0n) is 31.9. The van der Waals surface area contributed by atoms with Crippen LogP contribution in [0.1, 0.15) is 88.6 Å².